The number of hydrogen-bond acceptors (Lipinski definition) is 5. The average molecular weight is 265 g/mol. The van der Waals surface area contributed by atoms with E-state index < -0.39 is 11.9 Å². The Morgan fingerprint density at radius 1 is 1.21 bits per heavy atom. The highest BCUT2D eigenvalue weighted by molar-refractivity contribution is 6.32. The van der Waals surface area contributed by atoms with E-state index in [4.69, 9.17) is 4.74 Å². The SMILES string of the molecule is CCOC(=O)C(=O)NCC(=O)c1ccccc1OC. The molecule has 0 atom stereocenters. The van der Waals surface area contributed by atoms with Crippen molar-refractivity contribution < 1.29 is 23.9 Å². The number of hydrogen-bond donors (Lipinski definition) is 1. The predicted molar refractivity (Wildman–Crippen MR) is 67.0 cm³/mol. The van der Waals surface area contributed by atoms with Gasteiger partial charge >= 0.3 is 11.9 Å². The highest BCUT2D eigenvalue weighted by Gasteiger charge is 2.17. The van der Waals surface area contributed by atoms with Crippen LogP contribution in [0, 0.1) is 0 Å². The summed E-state index contributed by atoms with van der Waals surface area (Å²) in [6.07, 6.45) is 0. The fraction of sp³-hybridized carbons (Fsp3) is 0.308. The second-order valence-corrected chi connectivity index (χ2v) is 3.53. The van der Waals surface area contributed by atoms with Crippen molar-refractivity contribution in [2.45, 2.75) is 6.92 Å². The molecular weight excluding hydrogens is 250 g/mol. The second-order valence-electron chi connectivity index (χ2n) is 3.53. The van der Waals surface area contributed by atoms with Crippen molar-refractivity contribution in [1.29, 1.82) is 0 Å². The molecule has 0 aliphatic heterocycles. The molecule has 19 heavy (non-hydrogen) atoms. The topological polar surface area (TPSA) is 81.7 Å². The maximum absolute atomic E-state index is 11.9. The molecule has 0 saturated heterocycles. The lowest BCUT2D eigenvalue weighted by molar-refractivity contribution is -0.154. The normalized spacial score (nSPS) is 9.58. The molecule has 0 spiro atoms. The van der Waals surface area contributed by atoms with E-state index in [1.165, 1.54) is 7.11 Å². The molecule has 0 saturated carbocycles. The monoisotopic (exact) mass is 265 g/mol. The number of amides is 1. The number of Topliss-reactive ketones (excluding diaryl/α,β-unsaturated/α-hetero) is 1. The van der Waals surface area contributed by atoms with E-state index in [1.807, 2.05) is 0 Å². The van der Waals surface area contributed by atoms with Crippen molar-refractivity contribution in [2.24, 2.45) is 0 Å². The van der Waals surface area contributed by atoms with Crippen molar-refractivity contribution >= 4 is 17.7 Å². The van der Waals surface area contributed by atoms with Crippen molar-refractivity contribution in [3.63, 3.8) is 0 Å². The van der Waals surface area contributed by atoms with E-state index in [-0.39, 0.29) is 18.9 Å². The Balaban J connectivity index is 2.61. The van der Waals surface area contributed by atoms with Gasteiger partial charge in [-0.2, -0.15) is 0 Å². The maximum Gasteiger partial charge on any atom is 0.396 e. The number of methoxy groups -OCH3 is 1. The molecule has 0 aromatic heterocycles. The molecule has 6 nitrogen and oxygen atoms in total. The van der Waals surface area contributed by atoms with Gasteiger partial charge in [0.05, 0.1) is 25.8 Å². The van der Waals surface area contributed by atoms with Crippen LogP contribution in [-0.4, -0.2) is 37.9 Å². The molecule has 0 fully saturated rings. The Labute approximate surface area is 110 Å². The smallest absolute Gasteiger partial charge is 0.396 e. The molecule has 0 radical (unpaired) electrons. The van der Waals surface area contributed by atoms with E-state index in [0.717, 1.165) is 0 Å². The molecule has 0 heterocycles. The summed E-state index contributed by atoms with van der Waals surface area (Å²) in [5.41, 5.74) is 0.342. The van der Waals surface area contributed by atoms with Gasteiger partial charge in [-0.05, 0) is 19.1 Å². The van der Waals surface area contributed by atoms with Crippen LogP contribution in [0.4, 0.5) is 0 Å². The molecule has 0 unspecified atom stereocenters. The molecule has 0 bridgehead atoms. The number of ether oxygens (including phenoxy) is 2. The van der Waals surface area contributed by atoms with E-state index in [9.17, 15) is 14.4 Å². The summed E-state index contributed by atoms with van der Waals surface area (Å²) in [6.45, 7) is 1.40. The zero-order chi connectivity index (χ0) is 14.3. The zero-order valence-corrected chi connectivity index (χ0v) is 10.8. The van der Waals surface area contributed by atoms with Gasteiger partial charge in [0.15, 0.2) is 5.78 Å². The Bertz CT molecular complexity index is 484. The van der Waals surface area contributed by atoms with Crippen LogP contribution in [0.2, 0.25) is 0 Å². The van der Waals surface area contributed by atoms with Crippen LogP contribution in [0.5, 0.6) is 5.75 Å². The summed E-state index contributed by atoms with van der Waals surface area (Å²) in [4.78, 5) is 34.2. The van der Waals surface area contributed by atoms with Crippen LogP contribution in [0.25, 0.3) is 0 Å². The van der Waals surface area contributed by atoms with Crippen LogP contribution >= 0.6 is 0 Å². The minimum absolute atomic E-state index is 0.104. The molecule has 0 aliphatic carbocycles. The Morgan fingerprint density at radius 3 is 2.53 bits per heavy atom. The van der Waals surface area contributed by atoms with Crippen molar-refractivity contribution in [1.82, 2.24) is 5.32 Å². The lowest BCUT2D eigenvalue weighted by atomic mass is 10.1. The molecule has 0 aliphatic rings. The number of para-hydroxylation sites is 1. The molecule has 102 valence electrons. The highest BCUT2D eigenvalue weighted by atomic mass is 16.5. The van der Waals surface area contributed by atoms with Crippen molar-refractivity contribution in [2.75, 3.05) is 20.3 Å². The van der Waals surface area contributed by atoms with Gasteiger partial charge in [-0.25, -0.2) is 4.79 Å². The number of benzene rings is 1. The van der Waals surface area contributed by atoms with Crippen LogP contribution in [0.3, 0.4) is 0 Å². The molecule has 1 rings (SSSR count). The summed E-state index contributed by atoms with van der Waals surface area (Å²) in [5.74, 6) is -1.88. The number of esters is 1. The van der Waals surface area contributed by atoms with E-state index in [1.54, 1.807) is 31.2 Å². The third-order valence-electron chi connectivity index (χ3n) is 2.28. The Morgan fingerprint density at radius 2 is 1.89 bits per heavy atom. The molecule has 1 amide bonds. The van der Waals surface area contributed by atoms with Gasteiger partial charge in [-0.15, -0.1) is 0 Å². The Kier molecular flexibility index (Phi) is 5.53. The largest absolute Gasteiger partial charge is 0.496 e. The van der Waals surface area contributed by atoms with E-state index in [0.29, 0.717) is 11.3 Å². The standard InChI is InChI=1S/C13H15NO5/c1-3-19-13(17)12(16)14-8-10(15)9-6-4-5-7-11(9)18-2/h4-7H,3,8H2,1-2H3,(H,14,16). The van der Waals surface area contributed by atoms with Crippen LogP contribution < -0.4 is 10.1 Å². The number of nitrogens with one attached hydrogen (secondary N) is 1. The van der Waals surface area contributed by atoms with Gasteiger partial charge in [-0.1, -0.05) is 12.1 Å². The first-order valence-corrected chi connectivity index (χ1v) is 5.71. The molecule has 6 heteroatoms. The first-order chi connectivity index (χ1) is 9.10. The van der Waals surface area contributed by atoms with Gasteiger partial charge in [0, 0.05) is 0 Å². The molecular formula is C13H15NO5. The maximum atomic E-state index is 11.9. The van der Waals surface area contributed by atoms with Gasteiger partial charge < -0.3 is 14.8 Å². The minimum Gasteiger partial charge on any atom is -0.496 e. The van der Waals surface area contributed by atoms with Crippen LogP contribution in [0.1, 0.15) is 17.3 Å². The number of rotatable bonds is 5. The first kappa shape index (κ1) is 14.7. The van der Waals surface area contributed by atoms with E-state index in [2.05, 4.69) is 10.1 Å². The van der Waals surface area contributed by atoms with Crippen molar-refractivity contribution in [3.05, 3.63) is 29.8 Å². The summed E-state index contributed by atoms with van der Waals surface area (Å²) in [7, 11) is 1.45. The minimum atomic E-state index is -1.00. The van der Waals surface area contributed by atoms with Gasteiger partial charge in [-0.3, -0.25) is 9.59 Å². The second kappa shape index (κ2) is 7.15. The van der Waals surface area contributed by atoms with Gasteiger partial charge in [0.1, 0.15) is 5.75 Å². The van der Waals surface area contributed by atoms with Gasteiger partial charge in [0.2, 0.25) is 0 Å². The number of ketones is 1. The average Bonchev–Trinajstić information content (AvgIpc) is 2.44. The summed E-state index contributed by atoms with van der Waals surface area (Å²) in [5, 5.41) is 2.20. The summed E-state index contributed by atoms with van der Waals surface area (Å²) < 4.78 is 9.53. The van der Waals surface area contributed by atoms with E-state index >= 15 is 0 Å². The number of carbonyl (C=O) groups is 3. The zero-order valence-electron chi connectivity index (χ0n) is 10.8. The third-order valence-corrected chi connectivity index (χ3v) is 2.28. The Hall–Kier alpha value is -2.37. The molecule has 1 aromatic rings. The summed E-state index contributed by atoms with van der Waals surface area (Å²) >= 11 is 0. The lowest BCUT2D eigenvalue weighted by Gasteiger charge is -2.07. The predicted octanol–water partition coefficient (Wildman–Crippen LogP) is 0.557. The highest BCUT2D eigenvalue weighted by Crippen LogP contribution is 2.17. The van der Waals surface area contributed by atoms with Crippen LogP contribution in [0.15, 0.2) is 24.3 Å². The fourth-order valence-corrected chi connectivity index (χ4v) is 1.40. The number of carbonyl (C=O) groups excluding carboxylic acids is 3. The fourth-order valence-electron chi connectivity index (χ4n) is 1.40. The third kappa shape index (κ3) is 4.09. The van der Waals surface area contributed by atoms with Crippen LogP contribution in [-0.2, 0) is 14.3 Å². The summed E-state index contributed by atoms with van der Waals surface area (Å²) in [6, 6.07) is 6.63. The quantitative estimate of drug-likeness (QED) is 0.478. The first-order valence-electron chi connectivity index (χ1n) is 5.71. The lowest BCUT2D eigenvalue weighted by Crippen LogP contribution is -2.36. The molecule has 1 N–H and O–H groups in total. The van der Waals surface area contributed by atoms with Gasteiger partial charge in [0.25, 0.3) is 0 Å². The van der Waals surface area contributed by atoms with Crippen molar-refractivity contribution in [3.8, 4) is 5.75 Å². The molecule has 1 aromatic carbocycles.